The van der Waals surface area contributed by atoms with Crippen LogP contribution in [0.5, 0.6) is 0 Å². The fourth-order valence-corrected chi connectivity index (χ4v) is 4.65. The van der Waals surface area contributed by atoms with Gasteiger partial charge >= 0.3 is 5.97 Å². The van der Waals surface area contributed by atoms with Crippen molar-refractivity contribution >= 4 is 38.4 Å². The number of thiazole rings is 1. The van der Waals surface area contributed by atoms with Crippen LogP contribution in [0.3, 0.4) is 0 Å². The van der Waals surface area contributed by atoms with Gasteiger partial charge in [0.25, 0.3) is 15.9 Å². The number of hydrogen-bond donors (Lipinski definition) is 3. The van der Waals surface area contributed by atoms with Gasteiger partial charge in [-0.15, -0.1) is 4.83 Å². The van der Waals surface area contributed by atoms with Crippen LogP contribution in [-0.4, -0.2) is 56.7 Å². The molecule has 1 aromatic carbocycles. The minimum absolute atomic E-state index is 0.0406. The maximum Gasteiger partial charge on any atom is 0.303 e. The van der Waals surface area contributed by atoms with Gasteiger partial charge in [0.05, 0.1) is 23.8 Å². The Bertz CT molecular complexity index is 1010. The summed E-state index contributed by atoms with van der Waals surface area (Å²) in [6, 6.07) is 5.81. The highest BCUT2D eigenvalue weighted by atomic mass is 32.2. The number of aliphatic carboxylic acids is 1. The minimum atomic E-state index is -3.98. The number of ether oxygens (including phenoxy) is 1. The highest BCUT2D eigenvalue weighted by Gasteiger charge is 2.22. The fourth-order valence-electron chi connectivity index (χ4n) is 2.80. The molecule has 30 heavy (non-hydrogen) atoms. The highest BCUT2D eigenvalue weighted by Crippen LogP contribution is 2.26. The van der Waals surface area contributed by atoms with Crippen molar-refractivity contribution in [1.29, 1.82) is 0 Å². The molecule has 3 N–H and O–H groups in total. The second-order valence-corrected chi connectivity index (χ2v) is 9.27. The van der Waals surface area contributed by atoms with Crippen LogP contribution >= 0.6 is 11.3 Å². The van der Waals surface area contributed by atoms with Crippen molar-refractivity contribution in [1.82, 2.24) is 15.2 Å². The molecule has 0 bridgehead atoms. The summed E-state index contributed by atoms with van der Waals surface area (Å²) >= 11 is 1.19. The molecule has 1 fully saturated rings. The first-order chi connectivity index (χ1) is 14.3. The number of sulfonamides is 1. The lowest BCUT2D eigenvalue weighted by molar-refractivity contribution is -0.136. The lowest BCUT2D eigenvalue weighted by Crippen LogP contribution is -2.41. The van der Waals surface area contributed by atoms with E-state index in [9.17, 15) is 18.0 Å². The van der Waals surface area contributed by atoms with Crippen LogP contribution in [0.15, 0.2) is 29.2 Å². The van der Waals surface area contributed by atoms with Crippen LogP contribution < -0.4 is 15.2 Å². The normalized spacial score (nSPS) is 14.5. The van der Waals surface area contributed by atoms with Crippen LogP contribution in [-0.2, 0) is 26.0 Å². The molecule has 0 saturated carbocycles. The first kappa shape index (κ1) is 22.2. The number of hydrazine groups is 1. The Kier molecular flexibility index (Phi) is 7.02. The van der Waals surface area contributed by atoms with E-state index in [1.165, 1.54) is 23.5 Å². The first-order valence-corrected chi connectivity index (χ1v) is 11.5. The number of morpholine rings is 1. The Morgan fingerprint density at radius 1 is 1.23 bits per heavy atom. The smallest absolute Gasteiger partial charge is 0.303 e. The molecule has 1 amide bonds. The van der Waals surface area contributed by atoms with E-state index >= 15 is 0 Å². The summed E-state index contributed by atoms with van der Waals surface area (Å²) in [5.74, 6) is -1.52. The van der Waals surface area contributed by atoms with E-state index in [2.05, 4.69) is 15.2 Å². The molecular weight excluding hydrogens is 432 g/mol. The second kappa shape index (κ2) is 9.51. The fraction of sp³-hybridized carbons (Fsp3) is 0.389. The van der Waals surface area contributed by atoms with Crippen LogP contribution in [0.25, 0.3) is 0 Å². The number of aryl methyl sites for hydroxylation is 2. The summed E-state index contributed by atoms with van der Waals surface area (Å²) < 4.78 is 30.2. The van der Waals surface area contributed by atoms with Gasteiger partial charge in [-0.25, -0.2) is 13.4 Å². The van der Waals surface area contributed by atoms with Crippen molar-refractivity contribution in [3.05, 3.63) is 40.4 Å². The zero-order valence-electron chi connectivity index (χ0n) is 16.3. The number of carbonyl (C=O) groups is 2. The van der Waals surface area contributed by atoms with E-state index in [-0.39, 0.29) is 11.3 Å². The van der Waals surface area contributed by atoms with E-state index in [1.807, 2.05) is 4.90 Å². The van der Waals surface area contributed by atoms with E-state index < -0.39 is 21.9 Å². The summed E-state index contributed by atoms with van der Waals surface area (Å²) in [7, 11) is -3.98. The third kappa shape index (κ3) is 5.53. The molecule has 2 aromatic rings. The molecule has 1 aromatic heterocycles. The van der Waals surface area contributed by atoms with Gasteiger partial charge in [0.1, 0.15) is 4.88 Å². The average Bonchev–Trinajstić information content (AvgIpc) is 3.13. The predicted octanol–water partition coefficient (Wildman–Crippen LogP) is 0.929. The SMILES string of the molecule is Cc1nc(N2CCOCC2)sc1C(=O)NNS(=O)(=O)c1ccc(CCC(=O)O)cc1. The molecule has 0 radical (unpaired) electrons. The highest BCUT2D eigenvalue weighted by molar-refractivity contribution is 7.89. The number of amides is 1. The summed E-state index contributed by atoms with van der Waals surface area (Å²) in [6.07, 6.45) is 0.261. The van der Waals surface area contributed by atoms with Gasteiger partial charge in [-0.05, 0) is 31.0 Å². The van der Waals surface area contributed by atoms with Crippen LogP contribution in [0, 0.1) is 6.92 Å². The van der Waals surface area contributed by atoms with Gasteiger partial charge in [-0.2, -0.15) is 0 Å². The Balaban J connectivity index is 1.62. The number of carboxylic acid groups (broad SMARTS) is 1. The maximum absolute atomic E-state index is 12.5. The number of rotatable bonds is 8. The van der Waals surface area contributed by atoms with Crippen LogP contribution in [0.4, 0.5) is 5.13 Å². The van der Waals surface area contributed by atoms with E-state index in [4.69, 9.17) is 9.84 Å². The molecule has 0 atom stereocenters. The van der Waals surface area contributed by atoms with Gasteiger partial charge in [-0.3, -0.25) is 15.0 Å². The van der Waals surface area contributed by atoms with Gasteiger partial charge in [0.15, 0.2) is 5.13 Å². The number of carboxylic acids is 1. The first-order valence-electron chi connectivity index (χ1n) is 9.19. The molecule has 0 unspecified atom stereocenters. The van der Waals surface area contributed by atoms with Crippen molar-refractivity contribution in [2.24, 2.45) is 0 Å². The number of nitrogens with one attached hydrogen (secondary N) is 2. The number of aromatic nitrogens is 1. The van der Waals surface area contributed by atoms with Crippen LogP contribution in [0.1, 0.15) is 27.3 Å². The van der Waals surface area contributed by atoms with Gasteiger partial charge < -0.3 is 14.7 Å². The predicted molar refractivity (Wildman–Crippen MR) is 110 cm³/mol. The van der Waals surface area contributed by atoms with Crippen molar-refractivity contribution < 1.29 is 27.9 Å². The third-order valence-electron chi connectivity index (χ3n) is 4.43. The number of hydrogen-bond acceptors (Lipinski definition) is 8. The van der Waals surface area contributed by atoms with Crippen molar-refractivity contribution in [2.75, 3.05) is 31.2 Å². The Labute approximate surface area is 177 Å². The summed E-state index contributed by atoms with van der Waals surface area (Å²) in [5, 5.41) is 9.41. The Morgan fingerprint density at radius 2 is 1.90 bits per heavy atom. The number of anilines is 1. The van der Waals surface area contributed by atoms with Crippen molar-refractivity contribution in [3.8, 4) is 0 Å². The van der Waals surface area contributed by atoms with E-state index in [1.54, 1.807) is 19.1 Å². The zero-order chi connectivity index (χ0) is 21.7. The molecule has 162 valence electrons. The van der Waals surface area contributed by atoms with Gasteiger partial charge in [0.2, 0.25) is 0 Å². The quantitative estimate of drug-likeness (QED) is 0.501. The van der Waals surface area contributed by atoms with Gasteiger partial charge in [-0.1, -0.05) is 23.5 Å². The molecular formula is C18H22N4O6S2. The average molecular weight is 455 g/mol. The molecule has 1 saturated heterocycles. The monoisotopic (exact) mass is 454 g/mol. The Morgan fingerprint density at radius 3 is 2.53 bits per heavy atom. The number of nitrogens with zero attached hydrogens (tertiary/aromatic N) is 2. The third-order valence-corrected chi connectivity index (χ3v) is 6.91. The molecule has 1 aliphatic rings. The summed E-state index contributed by atoms with van der Waals surface area (Å²) in [5.41, 5.74) is 3.44. The number of carbonyl (C=O) groups excluding carboxylic acids is 1. The van der Waals surface area contributed by atoms with E-state index in [0.717, 1.165) is 0 Å². The standard InChI is InChI=1S/C18H22N4O6S2/c1-12-16(29-18(19-12)22-8-10-28-11-9-22)17(25)20-21-30(26,27)14-5-2-13(3-6-14)4-7-15(23)24/h2-3,5-6,21H,4,7-11H2,1H3,(H,20,25)(H,23,24). The summed E-state index contributed by atoms with van der Waals surface area (Å²) in [4.78, 5) is 31.9. The maximum atomic E-state index is 12.5. The van der Waals surface area contributed by atoms with Crippen molar-refractivity contribution in [3.63, 3.8) is 0 Å². The molecule has 2 heterocycles. The molecule has 10 nitrogen and oxygen atoms in total. The van der Waals surface area contributed by atoms with Gasteiger partial charge in [0, 0.05) is 19.5 Å². The van der Waals surface area contributed by atoms with Crippen LogP contribution in [0.2, 0.25) is 0 Å². The lowest BCUT2D eigenvalue weighted by atomic mass is 10.1. The lowest BCUT2D eigenvalue weighted by Gasteiger charge is -2.25. The second-order valence-electron chi connectivity index (χ2n) is 6.61. The number of benzene rings is 1. The van der Waals surface area contributed by atoms with E-state index in [0.29, 0.717) is 54.0 Å². The molecule has 0 spiro atoms. The molecule has 3 rings (SSSR count). The minimum Gasteiger partial charge on any atom is -0.481 e. The Hall–Kier alpha value is -2.54. The molecule has 12 heteroatoms. The zero-order valence-corrected chi connectivity index (χ0v) is 17.9. The topological polar surface area (TPSA) is 138 Å². The summed E-state index contributed by atoms with van der Waals surface area (Å²) in [6.45, 7) is 4.25. The van der Waals surface area contributed by atoms with Crippen molar-refractivity contribution in [2.45, 2.75) is 24.7 Å². The molecule has 1 aliphatic heterocycles. The largest absolute Gasteiger partial charge is 0.481 e. The molecule has 0 aliphatic carbocycles.